The van der Waals surface area contributed by atoms with E-state index in [1.165, 1.54) is 26.4 Å². The van der Waals surface area contributed by atoms with Crippen molar-refractivity contribution in [1.82, 2.24) is 15.0 Å². The number of aromatic nitrogens is 3. The van der Waals surface area contributed by atoms with E-state index < -0.39 is 5.91 Å². The van der Waals surface area contributed by atoms with Crippen LogP contribution in [0.2, 0.25) is 0 Å². The van der Waals surface area contributed by atoms with Crippen LogP contribution in [0, 0.1) is 11.3 Å². The number of hydrogen-bond donors (Lipinski definition) is 1. The van der Waals surface area contributed by atoms with Gasteiger partial charge in [-0.25, -0.2) is 0 Å². The van der Waals surface area contributed by atoms with Gasteiger partial charge in [0.1, 0.15) is 17.5 Å². The maximum absolute atomic E-state index is 12.2. The van der Waals surface area contributed by atoms with Crippen LogP contribution in [0.25, 0.3) is 6.08 Å². The van der Waals surface area contributed by atoms with Gasteiger partial charge in [-0.1, -0.05) is 6.07 Å². The number of ether oxygens (including phenoxy) is 2. The lowest BCUT2D eigenvalue weighted by atomic mass is 10.1. The van der Waals surface area contributed by atoms with Crippen molar-refractivity contribution in [2.24, 2.45) is 0 Å². The molecule has 2 aromatic rings. The second-order valence-electron chi connectivity index (χ2n) is 4.19. The molecule has 1 N–H and O–H groups in total. The number of anilines is 1. The van der Waals surface area contributed by atoms with Gasteiger partial charge < -0.3 is 14.8 Å². The standard InChI is InChI=1S/C15H13N5O3/c1-22-13-7-12(19-15(20-13)23-2)18-14(21)11(8-16)6-10-4-3-5-17-9-10/h3-7,9H,1-2H3,(H,18,19,20,21)/b11-6-. The van der Waals surface area contributed by atoms with Crippen LogP contribution < -0.4 is 14.8 Å². The van der Waals surface area contributed by atoms with Crippen molar-refractivity contribution in [2.45, 2.75) is 0 Å². The van der Waals surface area contributed by atoms with Crippen LogP contribution in [0.5, 0.6) is 11.9 Å². The number of amides is 1. The lowest BCUT2D eigenvalue weighted by molar-refractivity contribution is -0.112. The molecule has 2 heterocycles. The van der Waals surface area contributed by atoms with Gasteiger partial charge in [0.2, 0.25) is 5.88 Å². The molecule has 2 aromatic heterocycles. The van der Waals surface area contributed by atoms with Crippen molar-refractivity contribution in [3.8, 4) is 18.0 Å². The highest BCUT2D eigenvalue weighted by Gasteiger charge is 2.13. The van der Waals surface area contributed by atoms with Gasteiger partial charge in [-0.3, -0.25) is 9.78 Å². The topological polar surface area (TPSA) is 110 Å². The highest BCUT2D eigenvalue weighted by Crippen LogP contribution is 2.17. The number of nitrogens with one attached hydrogen (secondary N) is 1. The average molecular weight is 311 g/mol. The van der Waals surface area contributed by atoms with E-state index in [0.29, 0.717) is 5.56 Å². The summed E-state index contributed by atoms with van der Waals surface area (Å²) in [7, 11) is 2.82. The Hall–Kier alpha value is -3.47. The first-order valence-electron chi connectivity index (χ1n) is 6.46. The number of nitrogens with zero attached hydrogens (tertiary/aromatic N) is 4. The Morgan fingerprint density at radius 2 is 2.17 bits per heavy atom. The Kier molecular flexibility index (Phi) is 5.20. The SMILES string of the molecule is COc1cc(NC(=O)/C(C#N)=C\c2cccnc2)nc(OC)n1. The average Bonchev–Trinajstić information content (AvgIpc) is 2.59. The number of nitriles is 1. The molecule has 23 heavy (non-hydrogen) atoms. The van der Waals surface area contributed by atoms with E-state index in [2.05, 4.69) is 20.3 Å². The maximum Gasteiger partial charge on any atom is 0.321 e. The number of carbonyl (C=O) groups excluding carboxylic acids is 1. The van der Waals surface area contributed by atoms with Crippen molar-refractivity contribution in [3.05, 3.63) is 41.7 Å². The summed E-state index contributed by atoms with van der Waals surface area (Å²) >= 11 is 0. The van der Waals surface area contributed by atoms with E-state index in [-0.39, 0.29) is 23.3 Å². The first-order valence-corrected chi connectivity index (χ1v) is 6.46. The number of carbonyl (C=O) groups is 1. The second kappa shape index (κ2) is 7.51. The van der Waals surface area contributed by atoms with Gasteiger partial charge in [-0.15, -0.1) is 0 Å². The molecular weight excluding hydrogens is 298 g/mol. The molecule has 1 amide bonds. The highest BCUT2D eigenvalue weighted by molar-refractivity contribution is 6.09. The monoisotopic (exact) mass is 311 g/mol. The van der Waals surface area contributed by atoms with Crippen molar-refractivity contribution in [2.75, 3.05) is 19.5 Å². The predicted molar refractivity (Wildman–Crippen MR) is 81.6 cm³/mol. The Morgan fingerprint density at radius 1 is 1.35 bits per heavy atom. The summed E-state index contributed by atoms with van der Waals surface area (Å²) in [6.07, 6.45) is 4.57. The minimum absolute atomic E-state index is 0.0365. The molecule has 0 aliphatic carbocycles. The van der Waals surface area contributed by atoms with Gasteiger partial charge in [-0.05, 0) is 17.7 Å². The van der Waals surface area contributed by atoms with Crippen LogP contribution in [0.15, 0.2) is 36.2 Å². The Balaban J connectivity index is 2.24. The van der Waals surface area contributed by atoms with Crippen molar-refractivity contribution >= 4 is 17.8 Å². The minimum atomic E-state index is -0.612. The second-order valence-corrected chi connectivity index (χ2v) is 4.19. The zero-order valence-corrected chi connectivity index (χ0v) is 12.5. The maximum atomic E-state index is 12.2. The van der Waals surface area contributed by atoms with Gasteiger partial charge in [0.25, 0.3) is 5.91 Å². The third-order valence-corrected chi connectivity index (χ3v) is 2.68. The van der Waals surface area contributed by atoms with Crippen LogP contribution in [-0.4, -0.2) is 35.1 Å². The molecule has 0 radical (unpaired) electrons. The van der Waals surface area contributed by atoms with E-state index >= 15 is 0 Å². The number of pyridine rings is 1. The third-order valence-electron chi connectivity index (χ3n) is 2.68. The van der Waals surface area contributed by atoms with Crippen molar-refractivity contribution < 1.29 is 14.3 Å². The summed E-state index contributed by atoms with van der Waals surface area (Å²) < 4.78 is 9.91. The lowest BCUT2D eigenvalue weighted by Crippen LogP contribution is -2.15. The van der Waals surface area contributed by atoms with Crippen molar-refractivity contribution in [1.29, 1.82) is 5.26 Å². The van der Waals surface area contributed by atoms with Gasteiger partial charge in [0, 0.05) is 18.5 Å². The van der Waals surface area contributed by atoms with Crippen LogP contribution in [0.1, 0.15) is 5.56 Å². The summed E-state index contributed by atoms with van der Waals surface area (Å²) in [5.74, 6) is -0.230. The van der Waals surface area contributed by atoms with E-state index in [1.807, 2.05) is 6.07 Å². The zero-order valence-electron chi connectivity index (χ0n) is 12.5. The summed E-state index contributed by atoms with van der Waals surface area (Å²) in [5, 5.41) is 11.7. The number of rotatable bonds is 5. The van der Waals surface area contributed by atoms with Gasteiger partial charge in [0.05, 0.1) is 14.2 Å². The molecule has 0 saturated carbocycles. The summed E-state index contributed by atoms with van der Waals surface area (Å²) in [6.45, 7) is 0. The molecule has 0 saturated heterocycles. The number of hydrogen-bond acceptors (Lipinski definition) is 7. The van der Waals surface area contributed by atoms with Gasteiger partial charge >= 0.3 is 6.01 Å². The molecule has 2 rings (SSSR count). The number of methoxy groups -OCH3 is 2. The summed E-state index contributed by atoms with van der Waals surface area (Å²) in [4.78, 5) is 24.0. The molecule has 0 unspecified atom stereocenters. The molecule has 8 heteroatoms. The molecule has 0 fully saturated rings. The molecular formula is C15H13N5O3. The van der Waals surface area contributed by atoms with Crippen LogP contribution in [0.4, 0.5) is 5.82 Å². The summed E-state index contributed by atoms with van der Waals surface area (Å²) in [6, 6.07) is 6.73. The lowest BCUT2D eigenvalue weighted by Gasteiger charge is -2.07. The van der Waals surface area contributed by atoms with E-state index in [0.717, 1.165) is 0 Å². The smallest absolute Gasteiger partial charge is 0.321 e. The van der Waals surface area contributed by atoms with Gasteiger partial charge in [-0.2, -0.15) is 15.2 Å². The molecule has 0 spiro atoms. The first kappa shape index (κ1) is 15.9. The minimum Gasteiger partial charge on any atom is -0.481 e. The molecule has 116 valence electrons. The predicted octanol–water partition coefficient (Wildman–Crippen LogP) is 1.43. The van der Waals surface area contributed by atoms with E-state index in [9.17, 15) is 4.79 Å². The largest absolute Gasteiger partial charge is 0.481 e. The Morgan fingerprint density at radius 3 is 2.78 bits per heavy atom. The fourth-order valence-corrected chi connectivity index (χ4v) is 1.62. The van der Waals surface area contributed by atoms with Gasteiger partial charge in [0.15, 0.2) is 0 Å². The molecule has 0 aromatic carbocycles. The van der Waals surface area contributed by atoms with E-state index in [4.69, 9.17) is 14.7 Å². The molecule has 8 nitrogen and oxygen atoms in total. The molecule has 0 atom stereocenters. The Labute approximate surface area is 132 Å². The quantitative estimate of drug-likeness (QED) is 0.657. The molecule has 0 bridgehead atoms. The zero-order chi connectivity index (χ0) is 16.7. The summed E-state index contributed by atoms with van der Waals surface area (Å²) in [5.41, 5.74) is 0.548. The fourth-order valence-electron chi connectivity index (χ4n) is 1.62. The highest BCUT2D eigenvalue weighted by atomic mass is 16.5. The first-order chi connectivity index (χ1) is 11.2. The van der Waals surface area contributed by atoms with Crippen LogP contribution in [0.3, 0.4) is 0 Å². The normalized spacial score (nSPS) is 10.6. The molecule has 0 aliphatic rings. The fraction of sp³-hybridized carbons (Fsp3) is 0.133. The van der Waals surface area contributed by atoms with Crippen LogP contribution >= 0.6 is 0 Å². The Bertz CT molecular complexity index is 746. The van der Waals surface area contributed by atoms with Crippen LogP contribution in [-0.2, 0) is 4.79 Å². The molecule has 0 aliphatic heterocycles. The van der Waals surface area contributed by atoms with Crippen molar-refractivity contribution in [3.63, 3.8) is 0 Å². The van der Waals surface area contributed by atoms with E-state index in [1.54, 1.807) is 24.5 Å². The third kappa shape index (κ3) is 4.25.